The minimum Gasteiger partial charge on any atom is -0.327 e. The second-order valence-electron chi connectivity index (χ2n) is 4.45. The summed E-state index contributed by atoms with van der Waals surface area (Å²) >= 11 is 7.89. The van der Waals surface area contributed by atoms with Crippen molar-refractivity contribution in [1.29, 1.82) is 0 Å². The lowest BCUT2D eigenvalue weighted by Crippen LogP contribution is -2.30. The average molecular weight is 256 g/mol. The zero-order valence-corrected chi connectivity index (χ0v) is 10.9. The Labute approximate surface area is 107 Å². The van der Waals surface area contributed by atoms with Gasteiger partial charge in [0.1, 0.15) is 0 Å². The molecule has 0 spiro atoms. The monoisotopic (exact) mass is 255 g/mol. The quantitative estimate of drug-likeness (QED) is 0.825. The van der Waals surface area contributed by atoms with Crippen molar-refractivity contribution in [2.45, 2.75) is 36.6 Å². The number of halogens is 1. The van der Waals surface area contributed by atoms with Crippen molar-refractivity contribution in [2.75, 3.05) is 5.75 Å². The summed E-state index contributed by atoms with van der Waals surface area (Å²) in [5.41, 5.74) is 6.21. The molecule has 0 bridgehead atoms. The number of hydrogen-bond donors (Lipinski definition) is 1. The van der Waals surface area contributed by atoms with Crippen LogP contribution in [0.5, 0.6) is 0 Å². The van der Waals surface area contributed by atoms with Gasteiger partial charge in [-0.2, -0.15) is 0 Å². The summed E-state index contributed by atoms with van der Waals surface area (Å²) in [7, 11) is 0. The van der Waals surface area contributed by atoms with E-state index in [-0.39, 0.29) is 0 Å². The largest absolute Gasteiger partial charge is 0.327 e. The Hall–Kier alpha value is -0.180. The summed E-state index contributed by atoms with van der Waals surface area (Å²) in [6.07, 6.45) is 5.33. The molecule has 0 aliphatic heterocycles. The first-order valence-electron chi connectivity index (χ1n) is 5.90. The zero-order chi connectivity index (χ0) is 11.4. The van der Waals surface area contributed by atoms with Crippen LogP contribution in [-0.4, -0.2) is 11.8 Å². The van der Waals surface area contributed by atoms with Gasteiger partial charge in [-0.15, -0.1) is 11.8 Å². The van der Waals surface area contributed by atoms with E-state index in [1.165, 1.54) is 25.7 Å². The van der Waals surface area contributed by atoms with E-state index in [2.05, 4.69) is 6.07 Å². The summed E-state index contributed by atoms with van der Waals surface area (Å²) in [5, 5.41) is 0.839. The van der Waals surface area contributed by atoms with Gasteiger partial charge in [-0.05, 0) is 30.9 Å². The third kappa shape index (κ3) is 3.16. The van der Waals surface area contributed by atoms with Crippen molar-refractivity contribution in [1.82, 2.24) is 0 Å². The predicted molar refractivity (Wildman–Crippen MR) is 72.1 cm³/mol. The maximum atomic E-state index is 6.21. The van der Waals surface area contributed by atoms with Crippen molar-refractivity contribution in [3.05, 3.63) is 29.3 Å². The Balaban J connectivity index is 1.84. The van der Waals surface area contributed by atoms with Gasteiger partial charge in [0.25, 0.3) is 0 Å². The molecule has 3 heteroatoms. The van der Waals surface area contributed by atoms with Gasteiger partial charge in [-0.1, -0.05) is 36.6 Å². The fourth-order valence-corrected chi connectivity index (χ4v) is 3.59. The highest BCUT2D eigenvalue weighted by molar-refractivity contribution is 7.99. The molecular formula is C13H18ClNS. The molecule has 1 nitrogen and oxygen atoms in total. The standard InChI is InChI=1S/C13H18ClNS/c14-11-7-3-4-8-13(11)16-9-12(15)10-5-1-2-6-10/h3-4,7-8,10,12H,1-2,5-6,9,15H2. The highest BCUT2D eigenvalue weighted by Crippen LogP contribution is 2.31. The van der Waals surface area contributed by atoms with E-state index in [0.717, 1.165) is 21.6 Å². The van der Waals surface area contributed by atoms with Crippen molar-refractivity contribution < 1.29 is 0 Å². The molecule has 0 radical (unpaired) electrons. The Bertz CT molecular complexity index is 336. The molecule has 2 N–H and O–H groups in total. The van der Waals surface area contributed by atoms with Crippen LogP contribution in [-0.2, 0) is 0 Å². The average Bonchev–Trinajstić information content (AvgIpc) is 2.81. The highest BCUT2D eigenvalue weighted by Gasteiger charge is 2.21. The number of thioether (sulfide) groups is 1. The third-order valence-electron chi connectivity index (χ3n) is 3.27. The number of rotatable bonds is 4. The summed E-state index contributed by atoms with van der Waals surface area (Å²) in [4.78, 5) is 1.15. The SMILES string of the molecule is NC(CSc1ccccc1Cl)C1CCCC1. The van der Waals surface area contributed by atoms with E-state index in [1.54, 1.807) is 11.8 Å². The van der Waals surface area contributed by atoms with Crippen LogP contribution >= 0.6 is 23.4 Å². The molecule has 1 atom stereocenters. The molecule has 1 aliphatic carbocycles. The van der Waals surface area contributed by atoms with Crippen LogP contribution < -0.4 is 5.73 Å². The molecule has 2 rings (SSSR count). The molecule has 88 valence electrons. The van der Waals surface area contributed by atoms with E-state index in [9.17, 15) is 0 Å². The minimum atomic E-state index is 0.323. The molecule has 0 aromatic heterocycles. The van der Waals surface area contributed by atoms with E-state index < -0.39 is 0 Å². The molecule has 1 unspecified atom stereocenters. The lowest BCUT2D eigenvalue weighted by Gasteiger charge is -2.18. The highest BCUT2D eigenvalue weighted by atomic mass is 35.5. The second-order valence-corrected chi connectivity index (χ2v) is 5.92. The molecule has 0 amide bonds. The second kappa shape index (κ2) is 5.95. The summed E-state index contributed by atoms with van der Waals surface area (Å²) in [6, 6.07) is 8.31. The number of nitrogens with two attached hydrogens (primary N) is 1. The van der Waals surface area contributed by atoms with Gasteiger partial charge in [-0.25, -0.2) is 0 Å². The normalized spacial score (nSPS) is 18.9. The van der Waals surface area contributed by atoms with E-state index in [0.29, 0.717) is 6.04 Å². The van der Waals surface area contributed by atoms with Crippen LogP contribution in [0.3, 0.4) is 0 Å². The van der Waals surface area contributed by atoms with Gasteiger partial charge < -0.3 is 5.73 Å². The lowest BCUT2D eigenvalue weighted by molar-refractivity contribution is 0.463. The summed E-state index contributed by atoms with van der Waals surface area (Å²) < 4.78 is 0. The summed E-state index contributed by atoms with van der Waals surface area (Å²) in [6.45, 7) is 0. The Kier molecular flexibility index (Phi) is 4.56. The van der Waals surface area contributed by atoms with Crippen molar-refractivity contribution >= 4 is 23.4 Å². The van der Waals surface area contributed by atoms with E-state index in [4.69, 9.17) is 17.3 Å². The van der Waals surface area contributed by atoms with Gasteiger partial charge >= 0.3 is 0 Å². The number of hydrogen-bond acceptors (Lipinski definition) is 2. The topological polar surface area (TPSA) is 26.0 Å². The Morgan fingerprint density at radius 2 is 2.00 bits per heavy atom. The Morgan fingerprint density at radius 3 is 2.69 bits per heavy atom. The van der Waals surface area contributed by atoms with Crippen molar-refractivity contribution in [3.8, 4) is 0 Å². The molecule has 0 heterocycles. The fraction of sp³-hybridized carbons (Fsp3) is 0.538. The molecule has 1 fully saturated rings. The molecular weight excluding hydrogens is 238 g/mol. The van der Waals surface area contributed by atoms with Gasteiger partial charge in [-0.3, -0.25) is 0 Å². The van der Waals surface area contributed by atoms with Gasteiger partial charge in [0.2, 0.25) is 0 Å². The lowest BCUT2D eigenvalue weighted by atomic mass is 10.0. The van der Waals surface area contributed by atoms with Crippen LogP contribution in [0, 0.1) is 5.92 Å². The minimum absolute atomic E-state index is 0.323. The third-order valence-corrected chi connectivity index (χ3v) is 4.93. The fourth-order valence-electron chi connectivity index (χ4n) is 2.27. The van der Waals surface area contributed by atoms with Gasteiger partial charge in [0, 0.05) is 16.7 Å². The zero-order valence-electron chi connectivity index (χ0n) is 9.36. The first-order valence-corrected chi connectivity index (χ1v) is 7.26. The molecule has 1 aromatic carbocycles. The molecule has 1 aromatic rings. The molecule has 0 saturated heterocycles. The van der Waals surface area contributed by atoms with Gasteiger partial charge in [0.15, 0.2) is 0 Å². The van der Waals surface area contributed by atoms with Crippen molar-refractivity contribution in [2.24, 2.45) is 11.7 Å². The van der Waals surface area contributed by atoms with Crippen LogP contribution in [0.2, 0.25) is 5.02 Å². The molecule has 1 saturated carbocycles. The van der Waals surface area contributed by atoms with Crippen molar-refractivity contribution in [3.63, 3.8) is 0 Å². The maximum absolute atomic E-state index is 6.21. The van der Waals surface area contributed by atoms with E-state index >= 15 is 0 Å². The summed E-state index contributed by atoms with van der Waals surface area (Å²) in [5.74, 6) is 1.71. The van der Waals surface area contributed by atoms with Crippen LogP contribution in [0.1, 0.15) is 25.7 Å². The predicted octanol–water partition coefficient (Wildman–Crippen LogP) is 3.95. The smallest absolute Gasteiger partial charge is 0.0541 e. The van der Waals surface area contributed by atoms with Crippen LogP contribution in [0.4, 0.5) is 0 Å². The van der Waals surface area contributed by atoms with Gasteiger partial charge in [0.05, 0.1) is 5.02 Å². The molecule has 1 aliphatic rings. The van der Waals surface area contributed by atoms with Crippen LogP contribution in [0.25, 0.3) is 0 Å². The van der Waals surface area contributed by atoms with E-state index in [1.807, 2.05) is 18.2 Å². The molecule has 16 heavy (non-hydrogen) atoms. The first kappa shape index (κ1) is 12.3. The Morgan fingerprint density at radius 1 is 1.31 bits per heavy atom. The van der Waals surface area contributed by atoms with Crippen LogP contribution in [0.15, 0.2) is 29.2 Å². The first-order chi connectivity index (χ1) is 7.77. The maximum Gasteiger partial charge on any atom is 0.0541 e. The number of benzene rings is 1.